The van der Waals surface area contributed by atoms with Crippen molar-refractivity contribution in [1.29, 1.82) is 0 Å². The molecule has 0 atom stereocenters. The zero-order chi connectivity index (χ0) is 23.3. The Balaban J connectivity index is 1.55. The van der Waals surface area contributed by atoms with Crippen LogP contribution in [0.1, 0.15) is 32.0 Å². The summed E-state index contributed by atoms with van der Waals surface area (Å²) in [5, 5.41) is 5.24. The van der Waals surface area contributed by atoms with E-state index in [0.29, 0.717) is 44.0 Å². The van der Waals surface area contributed by atoms with Crippen molar-refractivity contribution in [2.45, 2.75) is 39.8 Å². The number of hydrogen-bond donors (Lipinski definition) is 2. The maximum absolute atomic E-state index is 15.0. The number of benzene rings is 1. The maximum atomic E-state index is 15.0. The van der Waals surface area contributed by atoms with Crippen molar-refractivity contribution in [2.75, 3.05) is 36.8 Å². The first-order valence-electron chi connectivity index (χ1n) is 10.6. The van der Waals surface area contributed by atoms with Gasteiger partial charge in [0.25, 0.3) is 0 Å². The Kier molecular flexibility index (Phi) is 7.29. The van der Waals surface area contributed by atoms with Gasteiger partial charge in [-0.05, 0) is 45.9 Å². The molecular formula is C23H30FN5O3. The van der Waals surface area contributed by atoms with Gasteiger partial charge < -0.3 is 20.3 Å². The lowest BCUT2D eigenvalue weighted by molar-refractivity contribution is 0.0138. The highest BCUT2D eigenvalue weighted by Gasteiger charge is 2.26. The monoisotopic (exact) mass is 443 g/mol. The van der Waals surface area contributed by atoms with Gasteiger partial charge in [0.15, 0.2) is 5.82 Å². The number of pyridine rings is 1. The molecule has 1 aromatic heterocycles. The minimum absolute atomic E-state index is 0.109. The van der Waals surface area contributed by atoms with Crippen LogP contribution in [0.15, 0.2) is 36.5 Å². The molecule has 1 saturated heterocycles. The molecule has 2 aromatic rings. The first-order chi connectivity index (χ1) is 15.1. The van der Waals surface area contributed by atoms with Crippen LogP contribution in [0.5, 0.6) is 0 Å². The summed E-state index contributed by atoms with van der Waals surface area (Å²) < 4.78 is 20.4. The summed E-state index contributed by atoms with van der Waals surface area (Å²) in [7, 11) is 0. The number of rotatable bonds is 4. The molecule has 172 valence electrons. The van der Waals surface area contributed by atoms with Crippen LogP contribution in [0.2, 0.25) is 0 Å². The highest BCUT2D eigenvalue weighted by Crippen LogP contribution is 2.21. The first-order valence-corrected chi connectivity index (χ1v) is 10.6. The number of aromatic nitrogens is 1. The summed E-state index contributed by atoms with van der Waals surface area (Å²) in [5.41, 5.74) is 1.40. The van der Waals surface area contributed by atoms with Crippen LogP contribution in [0.25, 0.3) is 0 Å². The fraction of sp³-hybridized carbons (Fsp3) is 0.435. The number of nitrogens with zero attached hydrogens (tertiary/aromatic N) is 3. The number of amides is 3. The molecule has 32 heavy (non-hydrogen) atoms. The number of anilines is 2. The molecule has 0 radical (unpaired) electrons. The van der Waals surface area contributed by atoms with E-state index in [1.54, 1.807) is 35.4 Å². The lowest BCUT2D eigenvalue weighted by atomic mass is 10.1. The molecule has 2 heterocycles. The average molecular weight is 444 g/mol. The normalized spacial score (nSPS) is 14.7. The van der Waals surface area contributed by atoms with E-state index in [9.17, 15) is 9.59 Å². The van der Waals surface area contributed by atoms with Crippen LogP contribution in [0, 0.1) is 12.7 Å². The topological polar surface area (TPSA) is 86.8 Å². The predicted octanol–water partition coefficient (Wildman–Crippen LogP) is 4.23. The van der Waals surface area contributed by atoms with Crippen LogP contribution in [-0.2, 0) is 11.3 Å². The third-order valence-corrected chi connectivity index (χ3v) is 4.90. The summed E-state index contributed by atoms with van der Waals surface area (Å²) in [4.78, 5) is 32.3. The van der Waals surface area contributed by atoms with Gasteiger partial charge in [-0.3, -0.25) is 9.88 Å². The summed E-state index contributed by atoms with van der Waals surface area (Å²) >= 11 is 0. The zero-order valence-corrected chi connectivity index (χ0v) is 18.9. The fourth-order valence-corrected chi connectivity index (χ4v) is 3.36. The molecule has 1 aliphatic heterocycles. The maximum Gasteiger partial charge on any atom is 0.410 e. The summed E-state index contributed by atoms with van der Waals surface area (Å²) in [6.07, 6.45) is 1.26. The molecular weight excluding hydrogens is 413 g/mol. The van der Waals surface area contributed by atoms with E-state index in [2.05, 4.69) is 20.5 Å². The highest BCUT2D eigenvalue weighted by atomic mass is 19.1. The lowest BCUT2D eigenvalue weighted by Gasteiger charge is -2.35. The van der Waals surface area contributed by atoms with Crippen molar-refractivity contribution in [1.82, 2.24) is 14.8 Å². The van der Waals surface area contributed by atoms with Gasteiger partial charge in [-0.2, -0.15) is 0 Å². The standard InChI is InChI=1S/C23H30FN5O3/c1-16-14-18(8-9-25-16)26-21(30)27-19-7-5-6-17(20(19)24)15-28-10-12-29(13-11-28)22(31)32-23(2,3)4/h5-9,14H,10-13,15H2,1-4H3,(H2,25,26,27,30). The quantitative estimate of drug-likeness (QED) is 0.739. The third-order valence-electron chi connectivity index (χ3n) is 4.90. The predicted molar refractivity (Wildman–Crippen MR) is 121 cm³/mol. The second-order valence-electron chi connectivity index (χ2n) is 8.79. The van der Waals surface area contributed by atoms with Crippen molar-refractivity contribution in [3.8, 4) is 0 Å². The van der Waals surface area contributed by atoms with Crippen molar-refractivity contribution in [3.05, 3.63) is 53.6 Å². The minimum atomic E-state index is -0.534. The van der Waals surface area contributed by atoms with Crippen molar-refractivity contribution < 1.29 is 18.7 Å². The number of carbonyl (C=O) groups excluding carboxylic acids is 2. The number of aryl methyl sites for hydroxylation is 1. The molecule has 2 N–H and O–H groups in total. The van der Waals surface area contributed by atoms with E-state index in [1.807, 2.05) is 27.7 Å². The van der Waals surface area contributed by atoms with Crippen molar-refractivity contribution >= 4 is 23.5 Å². The van der Waals surface area contributed by atoms with Gasteiger partial charge in [0.1, 0.15) is 5.60 Å². The smallest absolute Gasteiger partial charge is 0.410 e. The number of halogens is 1. The van der Waals surface area contributed by atoms with Gasteiger partial charge in [-0.1, -0.05) is 12.1 Å². The van der Waals surface area contributed by atoms with Crippen LogP contribution in [-0.4, -0.2) is 58.7 Å². The Labute approximate surface area is 187 Å². The van der Waals surface area contributed by atoms with E-state index in [-0.39, 0.29) is 11.8 Å². The molecule has 1 aromatic carbocycles. The van der Waals surface area contributed by atoms with E-state index in [4.69, 9.17) is 4.74 Å². The second-order valence-corrected chi connectivity index (χ2v) is 8.79. The number of ether oxygens (including phenoxy) is 1. The minimum Gasteiger partial charge on any atom is -0.444 e. The fourth-order valence-electron chi connectivity index (χ4n) is 3.36. The number of urea groups is 1. The van der Waals surface area contributed by atoms with Crippen LogP contribution in [0.4, 0.5) is 25.4 Å². The Morgan fingerprint density at radius 2 is 1.84 bits per heavy atom. The number of piperazine rings is 1. The van der Waals surface area contributed by atoms with Crippen molar-refractivity contribution in [2.24, 2.45) is 0 Å². The van der Waals surface area contributed by atoms with Gasteiger partial charge in [-0.25, -0.2) is 14.0 Å². The van der Waals surface area contributed by atoms with Crippen LogP contribution >= 0.6 is 0 Å². The lowest BCUT2D eigenvalue weighted by Crippen LogP contribution is -2.49. The SMILES string of the molecule is Cc1cc(NC(=O)Nc2cccc(CN3CCN(C(=O)OC(C)(C)C)CC3)c2F)ccn1. The van der Waals surface area contributed by atoms with Gasteiger partial charge in [0.05, 0.1) is 5.69 Å². The van der Waals surface area contributed by atoms with Crippen molar-refractivity contribution in [3.63, 3.8) is 0 Å². The van der Waals surface area contributed by atoms with Gasteiger partial charge >= 0.3 is 12.1 Å². The average Bonchev–Trinajstić information content (AvgIpc) is 2.70. The summed E-state index contributed by atoms with van der Waals surface area (Å²) in [5.74, 6) is -0.469. The zero-order valence-electron chi connectivity index (χ0n) is 18.9. The Morgan fingerprint density at radius 3 is 2.50 bits per heavy atom. The molecule has 0 aliphatic carbocycles. The number of carbonyl (C=O) groups is 2. The molecule has 0 spiro atoms. The van der Waals surface area contributed by atoms with Gasteiger partial charge in [0, 0.05) is 55.9 Å². The number of hydrogen-bond acceptors (Lipinski definition) is 5. The van der Waals surface area contributed by atoms with Crippen LogP contribution in [0.3, 0.4) is 0 Å². The van der Waals surface area contributed by atoms with Crippen LogP contribution < -0.4 is 10.6 Å². The molecule has 3 amide bonds. The summed E-state index contributed by atoms with van der Waals surface area (Å²) in [6.45, 7) is 9.96. The Hall–Kier alpha value is -3.20. The molecule has 1 fully saturated rings. The largest absolute Gasteiger partial charge is 0.444 e. The molecule has 0 saturated carbocycles. The molecule has 1 aliphatic rings. The van der Waals surface area contributed by atoms with E-state index < -0.39 is 17.4 Å². The Bertz CT molecular complexity index is 968. The van der Waals surface area contributed by atoms with E-state index in [0.717, 1.165) is 5.69 Å². The molecule has 0 unspecified atom stereocenters. The van der Waals surface area contributed by atoms with E-state index >= 15 is 4.39 Å². The van der Waals surface area contributed by atoms with E-state index in [1.165, 1.54) is 6.07 Å². The first kappa shape index (κ1) is 23.5. The Morgan fingerprint density at radius 1 is 1.12 bits per heavy atom. The third kappa shape index (κ3) is 6.65. The molecule has 3 rings (SSSR count). The molecule has 8 nitrogen and oxygen atoms in total. The van der Waals surface area contributed by atoms with Gasteiger partial charge in [-0.15, -0.1) is 0 Å². The van der Waals surface area contributed by atoms with Gasteiger partial charge in [0.2, 0.25) is 0 Å². The highest BCUT2D eigenvalue weighted by molar-refractivity contribution is 5.99. The molecule has 9 heteroatoms. The summed E-state index contributed by atoms with van der Waals surface area (Å²) in [6, 6.07) is 7.79. The number of nitrogens with one attached hydrogen (secondary N) is 2. The second kappa shape index (κ2) is 9.95. The molecule has 0 bridgehead atoms.